The molecule has 1 aliphatic heterocycles. The van der Waals surface area contributed by atoms with Gasteiger partial charge < -0.3 is 16.0 Å². The molecule has 0 bridgehead atoms. The van der Waals surface area contributed by atoms with Crippen LogP contribution in [0.4, 0.5) is 27.8 Å². The number of nitrogens with one attached hydrogen (secondary N) is 1. The minimum atomic E-state index is -1.02. The van der Waals surface area contributed by atoms with Crippen LogP contribution in [0.1, 0.15) is 12.8 Å². The lowest BCUT2D eigenvalue weighted by Crippen LogP contribution is -2.60. The highest BCUT2D eigenvalue weighted by Crippen LogP contribution is 2.48. The van der Waals surface area contributed by atoms with Gasteiger partial charge in [0.05, 0.1) is 18.8 Å². The average molecular weight is 458 g/mol. The molecule has 34 heavy (non-hydrogen) atoms. The van der Waals surface area contributed by atoms with Gasteiger partial charge in [-0.2, -0.15) is 4.98 Å². The third-order valence-corrected chi connectivity index (χ3v) is 6.42. The molecule has 1 saturated carbocycles. The van der Waals surface area contributed by atoms with Crippen LogP contribution in [0.3, 0.4) is 0 Å². The number of nitrogens with two attached hydrogens (primary N) is 1. The van der Waals surface area contributed by atoms with E-state index in [-0.39, 0.29) is 11.9 Å². The van der Waals surface area contributed by atoms with E-state index in [4.69, 9.17) is 5.73 Å². The number of alkyl halides is 1. The van der Waals surface area contributed by atoms with Crippen molar-refractivity contribution in [3.63, 3.8) is 0 Å². The van der Waals surface area contributed by atoms with E-state index in [0.717, 1.165) is 41.2 Å². The van der Waals surface area contributed by atoms with Crippen molar-refractivity contribution in [2.45, 2.75) is 18.5 Å². The lowest BCUT2D eigenvalue weighted by atomic mass is 9.91. The Morgan fingerprint density at radius 3 is 2.44 bits per heavy atom. The standard InChI is InChI=1S/C24H24FN9/c1-33-23(29-18-7-2-15(3-8-18)19-10-11-27-22(26)30-19)31-21(32-33)16-4-9-20(28-12-16)34-13-24(25,14-34)17-5-6-17/h2-4,7-12,17H,5-6,13-14H2,1H3,(H2,26,27,30)(H,29,31,32). The number of hydrogen-bond acceptors (Lipinski definition) is 8. The molecule has 1 aliphatic carbocycles. The fourth-order valence-corrected chi connectivity index (χ4v) is 4.32. The van der Waals surface area contributed by atoms with Crippen molar-refractivity contribution >= 4 is 23.4 Å². The second kappa shape index (κ2) is 7.75. The van der Waals surface area contributed by atoms with Crippen molar-refractivity contribution in [3.05, 3.63) is 54.9 Å². The largest absolute Gasteiger partial charge is 0.368 e. The molecule has 0 spiro atoms. The van der Waals surface area contributed by atoms with Crippen LogP contribution in [0, 0.1) is 5.92 Å². The van der Waals surface area contributed by atoms with E-state index in [1.807, 2.05) is 54.4 Å². The summed E-state index contributed by atoms with van der Waals surface area (Å²) < 4.78 is 16.3. The number of hydrogen-bond donors (Lipinski definition) is 2. The number of benzene rings is 1. The average Bonchev–Trinajstić information content (AvgIpc) is 3.62. The number of aryl methyl sites for hydroxylation is 1. The molecule has 4 heterocycles. The van der Waals surface area contributed by atoms with Crippen molar-refractivity contribution in [2.75, 3.05) is 29.0 Å². The second-order valence-corrected chi connectivity index (χ2v) is 8.96. The summed E-state index contributed by atoms with van der Waals surface area (Å²) in [5.41, 5.74) is 8.02. The number of nitrogens with zero attached hydrogens (tertiary/aromatic N) is 7. The third-order valence-electron chi connectivity index (χ3n) is 6.42. The first-order valence-corrected chi connectivity index (χ1v) is 11.2. The minimum absolute atomic E-state index is 0.243. The van der Waals surface area contributed by atoms with Crippen molar-refractivity contribution < 1.29 is 4.39 Å². The van der Waals surface area contributed by atoms with Crippen LogP contribution in [-0.2, 0) is 7.05 Å². The van der Waals surface area contributed by atoms with Gasteiger partial charge >= 0.3 is 0 Å². The maximum absolute atomic E-state index is 14.6. The van der Waals surface area contributed by atoms with Gasteiger partial charge in [0.25, 0.3) is 0 Å². The molecule has 0 unspecified atom stereocenters. The maximum atomic E-state index is 14.6. The molecule has 0 atom stereocenters. The molecule has 172 valence electrons. The quantitative estimate of drug-likeness (QED) is 0.452. The number of halogens is 1. The zero-order valence-electron chi connectivity index (χ0n) is 18.7. The topological polar surface area (TPSA) is 111 Å². The van der Waals surface area contributed by atoms with E-state index in [9.17, 15) is 4.39 Å². The van der Waals surface area contributed by atoms with Crippen LogP contribution >= 0.6 is 0 Å². The first-order valence-electron chi connectivity index (χ1n) is 11.2. The Labute approximate surface area is 195 Å². The van der Waals surface area contributed by atoms with Gasteiger partial charge in [-0.1, -0.05) is 12.1 Å². The first kappa shape index (κ1) is 20.5. The minimum Gasteiger partial charge on any atom is -0.368 e. The zero-order valence-corrected chi connectivity index (χ0v) is 18.7. The summed E-state index contributed by atoms with van der Waals surface area (Å²) in [6.07, 6.45) is 5.41. The fourth-order valence-electron chi connectivity index (χ4n) is 4.32. The molecule has 9 nitrogen and oxygen atoms in total. The molecular formula is C24H24FN9. The number of anilines is 4. The van der Waals surface area contributed by atoms with E-state index in [2.05, 4.69) is 30.4 Å². The van der Waals surface area contributed by atoms with Gasteiger partial charge in [0.15, 0.2) is 5.82 Å². The molecular weight excluding hydrogens is 433 g/mol. The highest BCUT2D eigenvalue weighted by Gasteiger charge is 2.54. The number of rotatable bonds is 6. The third kappa shape index (κ3) is 3.81. The number of nitrogen functional groups attached to an aromatic ring is 1. The summed E-state index contributed by atoms with van der Waals surface area (Å²) in [6.45, 7) is 0.868. The Hall–Kier alpha value is -4.08. The molecule has 1 aromatic carbocycles. The van der Waals surface area contributed by atoms with Crippen LogP contribution in [0.15, 0.2) is 54.9 Å². The first-order chi connectivity index (χ1) is 16.5. The number of pyridine rings is 1. The van der Waals surface area contributed by atoms with E-state index >= 15 is 0 Å². The van der Waals surface area contributed by atoms with Gasteiger partial charge in [0.1, 0.15) is 11.5 Å². The molecule has 3 aromatic heterocycles. The molecule has 0 radical (unpaired) electrons. The van der Waals surface area contributed by atoms with Gasteiger partial charge in [-0.3, -0.25) is 0 Å². The Bertz CT molecular complexity index is 1320. The lowest BCUT2D eigenvalue weighted by molar-refractivity contribution is 0.0925. The molecule has 10 heteroatoms. The summed E-state index contributed by atoms with van der Waals surface area (Å²) in [5.74, 6) is 2.45. The van der Waals surface area contributed by atoms with Crippen LogP contribution in [0.2, 0.25) is 0 Å². The van der Waals surface area contributed by atoms with E-state index in [1.165, 1.54) is 0 Å². The molecule has 4 aromatic rings. The van der Waals surface area contributed by atoms with Gasteiger partial charge in [0, 0.05) is 36.3 Å². The van der Waals surface area contributed by atoms with Crippen LogP contribution in [0.5, 0.6) is 0 Å². The van der Waals surface area contributed by atoms with E-state index in [1.54, 1.807) is 17.1 Å². The lowest BCUT2D eigenvalue weighted by Gasteiger charge is -2.45. The SMILES string of the molecule is Cn1nc(-c2ccc(N3CC(F)(C4CC4)C3)nc2)nc1Nc1ccc(-c2ccnc(N)n2)cc1. The summed E-state index contributed by atoms with van der Waals surface area (Å²) in [5, 5.41) is 7.80. The predicted molar refractivity (Wildman–Crippen MR) is 128 cm³/mol. The normalized spacial score (nSPS) is 16.8. The van der Waals surface area contributed by atoms with Gasteiger partial charge in [-0.25, -0.2) is 24.0 Å². The van der Waals surface area contributed by atoms with Crippen LogP contribution in [-0.4, -0.2) is 48.5 Å². The fraction of sp³-hybridized carbons (Fsp3) is 0.292. The Kier molecular flexibility index (Phi) is 4.68. The number of aromatic nitrogens is 6. The maximum Gasteiger partial charge on any atom is 0.225 e. The van der Waals surface area contributed by atoms with Gasteiger partial charge in [-0.15, -0.1) is 5.10 Å². The van der Waals surface area contributed by atoms with Gasteiger partial charge in [-0.05, 0) is 49.1 Å². The van der Waals surface area contributed by atoms with E-state index in [0.29, 0.717) is 24.9 Å². The van der Waals surface area contributed by atoms with Gasteiger partial charge in [0.2, 0.25) is 11.9 Å². The summed E-state index contributed by atoms with van der Waals surface area (Å²) in [7, 11) is 1.83. The molecule has 3 N–H and O–H groups in total. The van der Waals surface area contributed by atoms with Crippen molar-refractivity contribution in [3.8, 4) is 22.6 Å². The van der Waals surface area contributed by atoms with Crippen molar-refractivity contribution in [1.29, 1.82) is 0 Å². The highest BCUT2D eigenvalue weighted by molar-refractivity contribution is 5.66. The summed E-state index contributed by atoms with van der Waals surface area (Å²) >= 11 is 0. The molecule has 1 saturated heterocycles. The summed E-state index contributed by atoms with van der Waals surface area (Å²) in [4.78, 5) is 19.3. The van der Waals surface area contributed by atoms with Crippen molar-refractivity contribution in [1.82, 2.24) is 29.7 Å². The Balaban J connectivity index is 1.14. The van der Waals surface area contributed by atoms with Crippen LogP contribution < -0.4 is 16.0 Å². The second-order valence-electron chi connectivity index (χ2n) is 8.96. The molecule has 2 fully saturated rings. The highest BCUT2D eigenvalue weighted by atomic mass is 19.1. The zero-order chi connectivity index (χ0) is 23.3. The molecule has 6 rings (SSSR count). The Morgan fingerprint density at radius 1 is 1.00 bits per heavy atom. The monoisotopic (exact) mass is 457 g/mol. The van der Waals surface area contributed by atoms with Crippen molar-refractivity contribution in [2.24, 2.45) is 13.0 Å². The van der Waals surface area contributed by atoms with Crippen LogP contribution in [0.25, 0.3) is 22.6 Å². The predicted octanol–water partition coefficient (Wildman–Crippen LogP) is 3.60. The Morgan fingerprint density at radius 2 is 1.76 bits per heavy atom. The van der Waals surface area contributed by atoms with E-state index < -0.39 is 5.67 Å². The smallest absolute Gasteiger partial charge is 0.225 e. The molecule has 2 aliphatic rings. The summed E-state index contributed by atoms with van der Waals surface area (Å²) in [6, 6.07) is 13.4. The molecule has 0 amide bonds.